The Labute approximate surface area is 111 Å². The summed E-state index contributed by atoms with van der Waals surface area (Å²) < 4.78 is 7.21. The van der Waals surface area contributed by atoms with Crippen LogP contribution in [0.25, 0.3) is 11.4 Å². The van der Waals surface area contributed by atoms with E-state index in [1.54, 1.807) is 13.3 Å². The molecule has 100 valence electrons. The summed E-state index contributed by atoms with van der Waals surface area (Å²) in [5.74, 6) is 0.599. The molecule has 0 saturated heterocycles. The maximum atomic E-state index is 10.8. The number of nitrogens with zero attached hydrogens (tertiary/aromatic N) is 2. The second-order valence-corrected chi connectivity index (χ2v) is 4.09. The van der Waals surface area contributed by atoms with Crippen molar-refractivity contribution in [3.05, 3.63) is 36.2 Å². The Morgan fingerprint density at radius 1 is 1.42 bits per heavy atom. The summed E-state index contributed by atoms with van der Waals surface area (Å²) in [6.45, 7) is 2.63. The number of imidazole rings is 1. The standard InChI is InChI=1S/C14H16N2O3/c1-3-16-10(8-13(17)18)9-15-14(16)11-6-4-5-7-12(11)19-2/h4-7,9H,3,8H2,1-2H3,(H,17,18). The molecule has 0 atom stereocenters. The minimum Gasteiger partial charge on any atom is -0.496 e. The third kappa shape index (κ3) is 2.59. The van der Waals surface area contributed by atoms with Crippen molar-refractivity contribution < 1.29 is 14.6 Å². The molecule has 0 fully saturated rings. The van der Waals surface area contributed by atoms with Crippen LogP contribution in [0.15, 0.2) is 30.5 Å². The second kappa shape index (κ2) is 5.56. The molecule has 0 spiro atoms. The van der Waals surface area contributed by atoms with Crippen molar-refractivity contribution >= 4 is 5.97 Å². The molecule has 19 heavy (non-hydrogen) atoms. The first kappa shape index (κ1) is 13.1. The van der Waals surface area contributed by atoms with Gasteiger partial charge in [-0.05, 0) is 19.1 Å². The van der Waals surface area contributed by atoms with Crippen molar-refractivity contribution in [2.75, 3.05) is 7.11 Å². The van der Waals surface area contributed by atoms with E-state index in [0.29, 0.717) is 12.2 Å². The van der Waals surface area contributed by atoms with Crippen LogP contribution >= 0.6 is 0 Å². The summed E-state index contributed by atoms with van der Waals surface area (Å²) in [5.41, 5.74) is 1.55. The van der Waals surface area contributed by atoms with E-state index in [1.807, 2.05) is 35.8 Å². The highest BCUT2D eigenvalue weighted by Crippen LogP contribution is 2.29. The van der Waals surface area contributed by atoms with Gasteiger partial charge >= 0.3 is 5.97 Å². The first-order valence-electron chi connectivity index (χ1n) is 6.07. The lowest BCUT2D eigenvalue weighted by Gasteiger charge is -2.11. The number of carboxylic acid groups (broad SMARTS) is 1. The molecular formula is C14H16N2O3. The highest BCUT2D eigenvalue weighted by molar-refractivity contribution is 5.71. The highest BCUT2D eigenvalue weighted by atomic mass is 16.5. The predicted octanol–water partition coefficient (Wildman–Crippen LogP) is 2.21. The van der Waals surface area contributed by atoms with Crippen LogP contribution in [0.4, 0.5) is 0 Å². The van der Waals surface area contributed by atoms with Crippen molar-refractivity contribution in [1.82, 2.24) is 9.55 Å². The van der Waals surface area contributed by atoms with Crippen molar-refractivity contribution in [1.29, 1.82) is 0 Å². The average molecular weight is 260 g/mol. The molecule has 2 aromatic rings. The van der Waals surface area contributed by atoms with Crippen LogP contribution in [0.5, 0.6) is 5.75 Å². The molecule has 0 bridgehead atoms. The van der Waals surface area contributed by atoms with Crippen LogP contribution in [0, 0.1) is 0 Å². The average Bonchev–Trinajstić information content (AvgIpc) is 2.80. The molecule has 0 amide bonds. The lowest BCUT2D eigenvalue weighted by Crippen LogP contribution is -2.08. The number of carboxylic acids is 1. The zero-order valence-corrected chi connectivity index (χ0v) is 11.0. The number of rotatable bonds is 5. The Morgan fingerprint density at radius 3 is 2.79 bits per heavy atom. The molecule has 0 unspecified atom stereocenters. The van der Waals surface area contributed by atoms with Gasteiger partial charge in [-0.2, -0.15) is 0 Å². The molecular weight excluding hydrogens is 244 g/mol. The van der Waals surface area contributed by atoms with Gasteiger partial charge in [-0.15, -0.1) is 0 Å². The highest BCUT2D eigenvalue weighted by Gasteiger charge is 2.15. The number of benzene rings is 1. The summed E-state index contributed by atoms with van der Waals surface area (Å²) in [7, 11) is 1.61. The second-order valence-electron chi connectivity index (χ2n) is 4.09. The number of aliphatic carboxylic acids is 1. The van der Waals surface area contributed by atoms with E-state index in [0.717, 1.165) is 17.1 Å². The van der Waals surface area contributed by atoms with E-state index < -0.39 is 5.97 Å². The lowest BCUT2D eigenvalue weighted by atomic mass is 10.2. The van der Waals surface area contributed by atoms with Gasteiger partial charge in [-0.3, -0.25) is 4.79 Å². The fraction of sp³-hybridized carbons (Fsp3) is 0.286. The molecule has 1 aromatic heterocycles. The lowest BCUT2D eigenvalue weighted by molar-refractivity contribution is -0.136. The minimum atomic E-state index is -0.860. The van der Waals surface area contributed by atoms with Gasteiger partial charge in [0.2, 0.25) is 0 Å². The predicted molar refractivity (Wildman–Crippen MR) is 71.2 cm³/mol. The quantitative estimate of drug-likeness (QED) is 0.895. The molecule has 0 radical (unpaired) electrons. The van der Waals surface area contributed by atoms with Crippen molar-refractivity contribution in [3.8, 4) is 17.1 Å². The van der Waals surface area contributed by atoms with E-state index >= 15 is 0 Å². The summed E-state index contributed by atoms with van der Waals surface area (Å²) in [4.78, 5) is 15.2. The molecule has 0 aliphatic carbocycles. The molecule has 5 heteroatoms. The first-order chi connectivity index (χ1) is 9.17. The number of methoxy groups -OCH3 is 1. The molecule has 1 aromatic carbocycles. The molecule has 5 nitrogen and oxygen atoms in total. The number of para-hydroxylation sites is 1. The van der Waals surface area contributed by atoms with Crippen LogP contribution in [0.2, 0.25) is 0 Å². The van der Waals surface area contributed by atoms with Crippen LogP contribution in [-0.2, 0) is 17.8 Å². The topological polar surface area (TPSA) is 64.4 Å². The third-order valence-electron chi connectivity index (χ3n) is 2.93. The first-order valence-corrected chi connectivity index (χ1v) is 6.07. The summed E-state index contributed by atoms with van der Waals surface area (Å²) in [6.07, 6.45) is 1.58. The number of hydrogen-bond donors (Lipinski definition) is 1. The Kier molecular flexibility index (Phi) is 3.85. The summed E-state index contributed by atoms with van der Waals surface area (Å²) >= 11 is 0. The molecule has 0 saturated carbocycles. The Bertz CT molecular complexity index is 590. The minimum absolute atomic E-state index is 0.0318. The van der Waals surface area contributed by atoms with Crippen LogP contribution < -0.4 is 4.74 Å². The Hall–Kier alpha value is -2.30. The van der Waals surface area contributed by atoms with E-state index in [2.05, 4.69) is 4.98 Å². The van der Waals surface area contributed by atoms with E-state index in [4.69, 9.17) is 9.84 Å². The molecule has 2 rings (SSSR count). The summed E-state index contributed by atoms with van der Waals surface area (Å²) in [5, 5.41) is 8.90. The van der Waals surface area contributed by atoms with Crippen molar-refractivity contribution in [2.45, 2.75) is 19.9 Å². The Morgan fingerprint density at radius 2 is 2.16 bits per heavy atom. The van der Waals surface area contributed by atoms with Crippen LogP contribution in [0.1, 0.15) is 12.6 Å². The fourth-order valence-electron chi connectivity index (χ4n) is 2.10. The van der Waals surface area contributed by atoms with Crippen molar-refractivity contribution in [3.63, 3.8) is 0 Å². The SMILES string of the molecule is CCn1c(CC(=O)O)cnc1-c1ccccc1OC. The van der Waals surface area contributed by atoms with E-state index in [9.17, 15) is 4.79 Å². The van der Waals surface area contributed by atoms with E-state index in [-0.39, 0.29) is 6.42 Å². The number of carbonyl (C=O) groups is 1. The largest absolute Gasteiger partial charge is 0.496 e. The van der Waals surface area contributed by atoms with Crippen LogP contribution in [0.3, 0.4) is 0 Å². The van der Waals surface area contributed by atoms with Crippen LogP contribution in [-0.4, -0.2) is 27.7 Å². The van der Waals surface area contributed by atoms with Gasteiger partial charge in [-0.25, -0.2) is 4.98 Å². The van der Waals surface area contributed by atoms with Gasteiger partial charge in [0.25, 0.3) is 0 Å². The van der Waals surface area contributed by atoms with Gasteiger partial charge in [0.15, 0.2) is 0 Å². The zero-order valence-electron chi connectivity index (χ0n) is 11.0. The monoisotopic (exact) mass is 260 g/mol. The van der Waals surface area contributed by atoms with E-state index in [1.165, 1.54) is 0 Å². The molecule has 0 aliphatic heterocycles. The fourth-order valence-corrected chi connectivity index (χ4v) is 2.10. The molecule has 0 aliphatic rings. The normalized spacial score (nSPS) is 10.4. The number of aromatic nitrogens is 2. The van der Waals surface area contributed by atoms with Gasteiger partial charge in [0, 0.05) is 18.4 Å². The number of hydrogen-bond acceptors (Lipinski definition) is 3. The maximum Gasteiger partial charge on any atom is 0.309 e. The summed E-state index contributed by atoms with van der Waals surface area (Å²) in [6, 6.07) is 7.57. The maximum absolute atomic E-state index is 10.8. The third-order valence-corrected chi connectivity index (χ3v) is 2.93. The van der Waals surface area contributed by atoms with Gasteiger partial charge in [0.1, 0.15) is 11.6 Å². The van der Waals surface area contributed by atoms with Crippen molar-refractivity contribution in [2.24, 2.45) is 0 Å². The van der Waals surface area contributed by atoms with Gasteiger partial charge in [-0.1, -0.05) is 12.1 Å². The molecule has 1 heterocycles. The zero-order chi connectivity index (χ0) is 13.8. The van der Waals surface area contributed by atoms with Gasteiger partial charge < -0.3 is 14.4 Å². The smallest absolute Gasteiger partial charge is 0.309 e. The van der Waals surface area contributed by atoms with Gasteiger partial charge in [0.05, 0.1) is 19.1 Å². The molecule has 1 N–H and O–H groups in total. The Balaban J connectivity index is 2.50. The number of ether oxygens (including phenoxy) is 1.